The summed E-state index contributed by atoms with van der Waals surface area (Å²) in [6.07, 6.45) is 4.85. The molecule has 0 aliphatic carbocycles. The molecule has 0 radical (unpaired) electrons. The maximum absolute atomic E-state index is 12.3. The molecule has 3 aromatic heterocycles. The fourth-order valence-corrected chi connectivity index (χ4v) is 2.58. The Hall–Kier alpha value is -4.48. The Kier molecular flexibility index (Phi) is 4.49. The highest BCUT2D eigenvalue weighted by molar-refractivity contribution is 6.23. The minimum absolute atomic E-state index is 0.217. The number of rotatable bonds is 3. The lowest BCUT2D eigenvalue weighted by Gasteiger charge is -2.05. The van der Waals surface area contributed by atoms with Crippen LogP contribution < -0.4 is 20.5 Å². The Morgan fingerprint density at radius 2 is 2.10 bits per heavy atom. The van der Waals surface area contributed by atoms with Crippen molar-refractivity contribution in [1.82, 2.24) is 29.5 Å². The lowest BCUT2D eigenvalue weighted by atomic mass is 10.2. The van der Waals surface area contributed by atoms with Crippen LogP contribution >= 0.6 is 0 Å². The number of anilines is 2. The first-order valence-electron chi connectivity index (χ1n) is 8.48. The van der Waals surface area contributed by atoms with Crippen LogP contribution in [0.5, 0.6) is 5.88 Å². The molecule has 0 fully saturated rings. The van der Waals surface area contributed by atoms with Crippen LogP contribution in [0.3, 0.4) is 0 Å². The van der Waals surface area contributed by atoms with E-state index in [2.05, 4.69) is 42.2 Å². The van der Waals surface area contributed by atoms with Gasteiger partial charge in [-0.3, -0.25) is 9.20 Å². The maximum Gasteiger partial charge on any atom is 0.305 e. The number of carbonyl (C=O) groups excluding carboxylic acids is 1. The third-order valence-corrected chi connectivity index (χ3v) is 3.96. The van der Waals surface area contributed by atoms with Crippen LogP contribution in [0.2, 0.25) is 0 Å². The minimum atomic E-state index is -0.345. The van der Waals surface area contributed by atoms with Crippen LogP contribution in [0.15, 0.2) is 36.0 Å². The first-order valence-corrected chi connectivity index (χ1v) is 8.48. The third kappa shape index (κ3) is 3.66. The van der Waals surface area contributed by atoms with Crippen LogP contribution in [0.25, 0.3) is 5.65 Å². The zero-order chi connectivity index (χ0) is 20.4. The van der Waals surface area contributed by atoms with E-state index in [1.54, 1.807) is 41.8 Å². The zero-order valence-corrected chi connectivity index (χ0v) is 15.5. The summed E-state index contributed by atoms with van der Waals surface area (Å²) in [4.78, 5) is 12.3. The van der Waals surface area contributed by atoms with Crippen LogP contribution in [0, 0.1) is 11.8 Å². The predicted octanol–water partition coefficient (Wildman–Crippen LogP) is -0.0127. The number of pyridine rings is 1. The second kappa shape index (κ2) is 7.26. The number of nitrogens with two attached hydrogens (primary N) is 1. The van der Waals surface area contributed by atoms with Gasteiger partial charge in [0.15, 0.2) is 11.5 Å². The smallest absolute Gasteiger partial charge is 0.305 e. The Morgan fingerprint density at radius 3 is 2.86 bits per heavy atom. The number of amides is 1. The molecule has 3 N–H and O–H groups in total. The molecule has 10 heteroatoms. The Bertz CT molecular complexity index is 1300. The van der Waals surface area contributed by atoms with Crippen LogP contribution in [0.1, 0.15) is 18.3 Å². The Labute approximate surface area is 164 Å². The Balaban J connectivity index is 1.64. The van der Waals surface area contributed by atoms with Gasteiger partial charge in [0.25, 0.3) is 5.91 Å². The highest BCUT2D eigenvalue weighted by Gasteiger charge is 2.19. The number of nitrogens with zero attached hydrogens (tertiary/aromatic N) is 6. The molecule has 0 saturated carbocycles. The monoisotopic (exact) mass is 387 g/mol. The summed E-state index contributed by atoms with van der Waals surface area (Å²) in [5, 5.41) is 18.7. The van der Waals surface area contributed by atoms with Gasteiger partial charge >= 0.3 is 11.9 Å². The number of nitrogen functional groups attached to an aromatic ring is 1. The molecule has 10 nitrogen and oxygen atoms in total. The van der Waals surface area contributed by atoms with E-state index in [0.29, 0.717) is 28.3 Å². The van der Waals surface area contributed by atoms with Gasteiger partial charge in [-0.05, 0) is 18.1 Å². The fraction of sp³-hybridized carbons (Fsp3) is 0.105. The number of methoxy groups -OCH3 is 1. The van der Waals surface area contributed by atoms with Crippen molar-refractivity contribution < 1.29 is 9.53 Å². The number of hydrogen-bond acceptors (Lipinski definition) is 7. The quantitative estimate of drug-likeness (QED) is 0.477. The van der Waals surface area contributed by atoms with Crippen molar-refractivity contribution in [2.75, 3.05) is 18.2 Å². The molecule has 29 heavy (non-hydrogen) atoms. The first kappa shape index (κ1) is 17.9. The third-order valence-electron chi connectivity index (χ3n) is 3.96. The second-order valence-electron chi connectivity index (χ2n) is 6.07. The summed E-state index contributed by atoms with van der Waals surface area (Å²) in [5.41, 5.74) is 8.60. The van der Waals surface area contributed by atoms with E-state index in [-0.39, 0.29) is 17.6 Å². The highest BCUT2D eigenvalue weighted by Crippen LogP contribution is 2.17. The molecular weight excluding hydrogens is 372 g/mol. The molecule has 0 aromatic carbocycles. The van der Waals surface area contributed by atoms with Crippen molar-refractivity contribution in [3.63, 3.8) is 0 Å². The van der Waals surface area contributed by atoms with E-state index >= 15 is 0 Å². The molecule has 4 heterocycles. The van der Waals surface area contributed by atoms with Gasteiger partial charge < -0.3 is 15.8 Å². The normalized spacial score (nSPS) is 12.2. The van der Waals surface area contributed by atoms with E-state index in [9.17, 15) is 4.79 Å². The number of nitrogens with one attached hydrogen (secondary N) is 1. The Morgan fingerprint density at radius 1 is 1.24 bits per heavy atom. The fourth-order valence-electron chi connectivity index (χ4n) is 2.58. The van der Waals surface area contributed by atoms with Crippen LogP contribution in [-0.4, -0.2) is 49.7 Å². The van der Waals surface area contributed by atoms with Crippen LogP contribution in [-0.2, 0) is 4.79 Å². The van der Waals surface area contributed by atoms with E-state index in [1.165, 1.54) is 13.3 Å². The topological polar surface area (TPSA) is 134 Å². The largest absolute Gasteiger partial charge is 0.479 e. The molecule has 4 rings (SSSR count). The van der Waals surface area contributed by atoms with Crippen molar-refractivity contribution in [2.45, 2.75) is 6.92 Å². The average molecular weight is 387 g/mol. The predicted molar refractivity (Wildman–Crippen MR) is 108 cm³/mol. The first-order chi connectivity index (χ1) is 14.0. The van der Waals surface area contributed by atoms with Gasteiger partial charge in [-0.2, -0.15) is 0 Å². The summed E-state index contributed by atoms with van der Waals surface area (Å²) in [5.74, 6) is 6.35. The summed E-state index contributed by atoms with van der Waals surface area (Å²) >= 11 is 0. The lowest BCUT2D eigenvalue weighted by molar-refractivity contribution is -0.112. The van der Waals surface area contributed by atoms with Gasteiger partial charge in [0.1, 0.15) is 5.57 Å². The van der Waals surface area contributed by atoms with Gasteiger partial charge in [-0.15, -0.1) is 20.4 Å². The van der Waals surface area contributed by atoms with Gasteiger partial charge in [-0.1, -0.05) is 10.6 Å². The standard InChI is InChI=1S/C19H14N8O2/c1-11-7-13(9-21-11)18(28)22-15-8-12(19(29-2)26-23-15)3-5-16-24-25-17-6-4-14(20)10-27(16)17/h4,6-10H,1-2H3,(H2-,20,21,22,23,28)/p+1. The second-order valence-corrected chi connectivity index (χ2v) is 6.07. The molecule has 0 bridgehead atoms. The van der Waals surface area contributed by atoms with Crippen LogP contribution in [0.4, 0.5) is 11.5 Å². The number of ether oxygens (including phenoxy) is 1. The van der Waals surface area contributed by atoms with Crippen molar-refractivity contribution >= 4 is 35.0 Å². The molecule has 0 spiro atoms. The molecule has 3 aromatic rings. The maximum atomic E-state index is 12.3. The summed E-state index contributed by atoms with van der Waals surface area (Å²) in [6.45, 7) is 1.81. The highest BCUT2D eigenvalue weighted by atomic mass is 16.5. The van der Waals surface area contributed by atoms with Crippen molar-refractivity contribution in [3.8, 4) is 17.7 Å². The average Bonchev–Trinajstić information content (AvgIpc) is 3.32. The van der Waals surface area contributed by atoms with Gasteiger partial charge in [-0.25, -0.2) is 0 Å². The number of aromatic nitrogens is 5. The molecule has 0 unspecified atom stereocenters. The number of carbonyl (C=O) groups is 1. The number of fused-ring (bicyclic) bond motifs is 1. The number of hydrogen-bond donors (Lipinski definition) is 2. The van der Waals surface area contributed by atoms with Crippen molar-refractivity contribution in [3.05, 3.63) is 47.4 Å². The molecule has 0 saturated heterocycles. The van der Waals surface area contributed by atoms with Gasteiger partial charge in [0.2, 0.25) is 11.7 Å². The van der Waals surface area contributed by atoms with Gasteiger partial charge in [0.05, 0.1) is 12.7 Å². The molecule has 1 aliphatic rings. The van der Waals surface area contributed by atoms with E-state index < -0.39 is 0 Å². The molecule has 1 amide bonds. The summed E-state index contributed by atoms with van der Waals surface area (Å²) in [7, 11) is 1.46. The minimum Gasteiger partial charge on any atom is -0.479 e. The summed E-state index contributed by atoms with van der Waals surface area (Å²) < 4.78 is 10.9. The lowest BCUT2D eigenvalue weighted by Crippen LogP contribution is -2.16. The van der Waals surface area contributed by atoms with Gasteiger partial charge in [0, 0.05) is 31.0 Å². The van der Waals surface area contributed by atoms with E-state index in [1.807, 2.05) is 0 Å². The van der Waals surface area contributed by atoms with Crippen molar-refractivity contribution in [1.29, 1.82) is 0 Å². The molecular formula is C19H15N8O2+. The molecule has 142 valence electrons. The van der Waals surface area contributed by atoms with E-state index in [4.69, 9.17) is 10.5 Å². The molecule has 0 atom stereocenters. The zero-order valence-electron chi connectivity index (χ0n) is 15.5. The SMILES string of the molecule is COc1nnc(NC(=O)C2=CC(C)=[N+]=C2)cc1C#Cc1nnc2ccc(N)cn12. The van der Waals surface area contributed by atoms with Crippen molar-refractivity contribution in [2.24, 2.45) is 0 Å². The summed E-state index contributed by atoms with van der Waals surface area (Å²) in [6, 6.07) is 5.04. The van der Waals surface area contributed by atoms with E-state index in [0.717, 1.165) is 5.71 Å². The number of allylic oxidation sites excluding steroid dienone is 1. The molecule has 1 aliphatic heterocycles.